The summed E-state index contributed by atoms with van der Waals surface area (Å²) in [4.78, 5) is 2.52. The molecule has 0 bridgehead atoms. The smallest absolute Gasteiger partial charge is 0.0558 e. The quantitative estimate of drug-likeness (QED) is 0.743. The Bertz CT molecular complexity index is 222. The number of hydrogen-bond acceptors (Lipinski definition) is 3. The normalized spacial score (nSPS) is 24.9. The Morgan fingerprint density at radius 2 is 1.82 bits per heavy atom. The lowest BCUT2D eigenvalue weighted by atomic mass is 9.73. The first-order valence-electron chi connectivity index (χ1n) is 7.35. The van der Waals surface area contributed by atoms with Gasteiger partial charge in [-0.3, -0.25) is 4.90 Å². The summed E-state index contributed by atoms with van der Waals surface area (Å²) in [7, 11) is 0. The van der Waals surface area contributed by atoms with Gasteiger partial charge in [0.05, 0.1) is 6.61 Å². The molecule has 3 nitrogen and oxygen atoms in total. The number of rotatable bonds is 6. The van der Waals surface area contributed by atoms with Crippen molar-refractivity contribution in [2.45, 2.75) is 57.4 Å². The Morgan fingerprint density at radius 3 is 2.29 bits per heavy atom. The summed E-state index contributed by atoms with van der Waals surface area (Å²) in [5.74, 6) is 0. The van der Waals surface area contributed by atoms with Crippen LogP contribution in [0.25, 0.3) is 0 Å². The molecule has 0 amide bonds. The standard InChI is InChI=1S/C14H28N2O/c15-11-14(7-2-1-3-8-14)12-16(9-10-17)13-5-4-6-13/h13,17H,1-12,15H2. The van der Waals surface area contributed by atoms with Crippen molar-refractivity contribution in [1.29, 1.82) is 0 Å². The number of aliphatic hydroxyl groups excluding tert-OH is 1. The second kappa shape index (κ2) is 6.17. The van der Waals surface area contributed by atoms with Gasteiger partial charge in [-0.2, -0.15) is 0 Å². The molecule has 0 unspecified atom stereocenters. The monoisotopic (exact) mass is 240 g/mol. The Labute approximate surface area is 105 Å². The first-order chi connectivity index (χ1) is 8.29. The summed E-state index contributed by atoms with van der Waals surface area (Å²) in [5.41, 5.74) is 6.40. The molecule has 0 aliphatic heterocycles. The minimum atomic E-state index is 0.289. The molecule has 0 saturated heterocycles. The fraction of sp³-hybridized carbons (Fsp3) is 1.00. The fourth-order valence-electron chi connectivity index (χ4n) is 3.43. The van der Waals surface area contributed by atoms with Crippen molar-refractivity contribution >= 4 is 0 Å². The van der Waals surface area contributed by atoms with Crippen LogP contribution in [0.4, 0.5) is 0 Å². The van der Waals surface area contributed by atoms with Gasteiger partial charge in [0.25, 0.3) is 0 Å². The Balaban J connectivity index is 1.93. The van der Waals surface area contributed by atoms with E-state index in [-0.39, 0.29) is 6.61 Å². The van der Waals surface area contributed by atoms with Gasteiger partial charge in [-0.15, -0.1) is 0 Å². The summed E-state index contributed by atoms with van der Waals surface area (Å²) < 4.78 is 0. The number of nitrogens with two attached hydrogens (primary N) is 1. The highest BCUT2D eigenvalue weighted by Gasteiger charge is 2.35. The second-order valence-corrected chi connectivity index (χ2v) is 6.04. The van der Waals surface area contributed by atoms with Crippen molar-refractivity contribution in [2.75, 3.05) is 26.2 Å². The number of aliphatic hydroxyl groups is 1. The molecule has 0 aromatic carbocycles. The van der Waals surface area contributed by atoms with Crippen LogP contribution < -0.4 is 5.73 Å². The van der Waals surface area contributed by atoms with Crippen LogP contribution in [0.5, 0.6) is 0 Å². The number of hydrogen-bond donors (Lipinski definition) is 2. The molecule has 3 N–H and O–H groups in total. The van der Waals surface area contributed by atoms with Crippen LogP contribution in [-0.4, -0.2) is 42.3 Å². The minimum Gasteiger partial charge on any atom is -0.395 e. The van der Waals surface area contributed by atoms with E-state index in [1.165, 1.54) is 51.4 Å². The molecule has 17 heavy (non-hydrogen) atoms. The third-order valence-corrected chi connectivity index (χ3v) is 4.86. The van der Waals surface area contributed by atoms with E-state index in [2.05, 4.69) is 4.90 Å². The van der Waals surface area contributed by atoms with Crippen LogP contribution in [0.2, 0.25) is 0 Å². The predicted molar refractivity (Wildman–Crippen MR) is 70.9 cm³/mol. The summed E-state index contributed by atoms with van der Waals surface area (Å²) in [5, 5.41) is 9.22. The SMILES string of the molecule is NCC1(CN(CCO)C2CCC2)CCCCC1. The van der Waals surface area contributed by atoms with E-state index in [1.807, 2.05) is 0 Å². The van der Waals surface area contributed by atoms with E-state index in [0.717, 1.165) is 25.7 Å². The van der Waals surface area contributed by atoms with Gasteiger partial charge in [-0.1, -0.05) is 25.7 Å². The summed E-state index contributed by atoms with van der Waals surface area (Å²) in [6.45, 7) is 3.07. The van der Waals surface area contributed by atoms with Crippen LogP contribution in [-0.2, 0) is 0 Å². The predicted octanol–water partition coefficient (Wildman–Crippen LogP) is 1.74. The molecule has 0 atom stereocenters. The second-order valence-electron chi connectivity index (χ2n) is 6.04. The van der Waals surface area contributed by atoms with Crippen molar-refractivity contribution in [3.63, 3.8) is 0 Å². The fourth-order valence-corrected chi connectivity index (χ4v) is 3.43. The highest BCUT2D eigenvalue weighted by Crippen LogP contribution is 2.38. The molecule has 0 heterocycles. The minimum absolute atomic E-state index is 0.289. The van der Waals surface area contributed by atoms with Gasteiger partial charge >= 0.3 is 0 Å². The van der Waals surface area contributed by atoms with Crippen LogP contribution in [0.15, 0.2) is 0 Å². The Morgan fingerprint density at radius 1 is 1.12 bits per heavy atom. The molecule has 2 aliphatic rings. The average Bonchev–Trinajstić information content (AvgIpc) is 2.28. The topological polar surface area (TPSA) is 49.5 Å². The van der Waals surface area contributed by atoms with Gasteiger partial charge < -0.3 is 10.8 Å². The molecule has 0 spiro atoms. The van der Waals surface area contributed by atoms with Crippen molar-refractivity contribution in [3.05, 3.63) is 0 Å². The molecular weight excluding hydrogens is 212 g/mol. The van der Waals surface area contributed by atoms with Crippen LogP contribution in [0.3, 0.4) is 0 Å². The van der Waals surface area contributed by atoms with E-state index < -0.39 is 0 Å². The van der Waals surface area contributed by atoms with Crippen molar-refractivity contribution in [1.82, 2.24) is 4.90 Å². The molecule has 0 radical (unpaired) electrons. The summed E-state index contributed by atoms with van der Waals surface area (Å²) in [6, 6.07) is 0.729. The molecule has 2 fully saturated rings. The summed E-state index contributed by atoms with van der Waals surface area (Å²) in [6.07, 6.45) is 10.6. The van der Waals surface area contributed by atoms with Gasteiger partial charge in [-0.25, -0.2) is 0 Å². The highest BCUT2D eigenvalue weighted by atomic mass is 16.3. The van der Waals surface area contributed by atoms with Gasteiger partial charge in [0.2, 0.25) is 0 Å². The Kier molecular flexibility index (Phi) is 4.83. The van der Waals surface area contributed by atoms with Crippen LogP contribution >= 0.6 is 0 Å². The van der Waals surface area contributed by atoms with E-state index in [9.17, 15) is 5.11 Å². The lowest BCUT2D eigenvalue weighted by Crippen LogP contribution is -2.50. The van der Waals surface area contributed by atoms with E-state index >= 15 is 0 Å². The largest absolute Gasteiger partial charge is 0.395 e. The first kappa shape index (κ1) is 13.3. The van der Waals surface area contributed by atoms with Gasteiger partial charge in [-0.05, 0) is 37.6 Å². The first-order valence-corrected chi connectivity index (χ1v) is 7.35. The molecule has 100 valence electrons. The molecule has 3 heteroatoms. The van der Waals surface area contributed by atoms with Gasteiger partial charge in [0, 0.05) is 19.1 Å². The third-order valence-electron chi connectivity index (χ3n) is 4.86. The van der Waals surface area contributed by atoms with Gasteiger partial charge in [0.15, 0.2) is 0 Å². The zero-order valence-corrected chi connectivity index (χ0v) is 11.0. The molecular formula is C14H28N2O. The summed E-state index contributed by atoms with van der Waals surface area (Å²) >= 11 is 0. The van der Waals surface area contributed by atoms with Crippen molar-refractivity contribution in [2.24, 2.45) is 11.1 Å². The molecule has 2 saturated carbocycles. The van der Waals surface area contributed by atoms with Crippen molar-refractivity contribution < 1.29 is 5.11 Å². The van der Waals surface area contributed by atoms with Gasteiger partial charge in [0.1, 0.15) is 0 Å². The lowest BCUT2D eigenvalue weighted by molar-refractivity contribution is 0.0388. The van der Waals surface area contributed by atoms with Crippen LogP contribution in [0.1, 0.15) is 51.4 Å². The molecule has 0 aromatic rings. The van der Waals surface area contributed by atoms with E-state index in [1.54, 1.807) is 0 Å². The average molecular weight is 240 g/mol. The number of nitrogens with zero attached hydrogens (tertiary/aromatic N) is 1. The maximum atomic E-state index is 9.22. The van der Waals surface area contributed by atoms with Crippen molar-refractivity contribution in [3.8, 4) is 0 Å². The van der Waals surface area contributed by atoms with Crippen LogP contribution in [0, 0.1) is 5.41 Å². The lowest BCUT2D eigenvalue weighted by Gasteiger charge is -2.45. The molecule has 2 rings (SSSR count). The molecule has 0 aromatic heterocycles. The van der Waals surface area contributed by atoms with E-state index in [0.29, 0.717) is 5.41 Å². The zero-order valence-electron chi connectivity index (χ0n) is 11.0. The third kappa shape index (κ3) is 3.21. The molecule has 2 aliphatic carbocycles. The maximum absolute atomic E-state index is 9.22. The van der Waals surface area contributed by atoms with E-state index in [4.69, 9.17) is 5.73 Å². The Hall–Kier alpha value is -0.120. The maximum Gasteiger partial charge on any atom is 0.0558 e. The zero-order chi connectivity index (χ0) is 12.1. The highest BCUT2D eigenvalue weighted by molar-refractivity contribution is 4.90.